The quantitative estimate of drug-likeness (QED) is 0.263. The van der Waals surface area contributed by atoms with Crippen LogP contribution >= 0.6 is 27.3 Å². The zero-order valence-electron chi connectivity index (χ0n) is 24.8. The third-order valence-electron chi connectivity index (χ3n) is 6.32. The van der Waals surface area contributed by atoms with E-state index in [0.717, 1.165) is 5.56 Å². The number of halogens is 1. The van der Waals surface area contributed by atoms with Crippen LogP contribution in [-0.2, 0) is 9.53 Å². The van der Waals surface area contributed by atoms with Gasteiger partial charge in [0.25, 0.3) is 5.56 Å². The Morgan fingerprint density at radius 2 is 1.74 bits per heavy atom. The Morgan fingerprint density at radius 1 is 1.05 bits per heavy atom. The molecule has 0 unspecified atom stereocenters. The lowest BCUT2D eigenvalue weighted by atomic mass is 9.95. The van der Waals surface area contributed by atoms with Crippen molar-refractivity contribution in [3.63, 3.8) is 0 Å². The molecular formula is C31H35BrN2O7S. The number of thiazole rings is 1. The normalized spacial score (nSPS) is 14.9. The molecule has 0 fully saturated rings. The van der Waals surface area contributed by atoms with Crippen molar-refractivity contribution in [2.24, 2.45) is 4.99 Å². The van der Waals surface area contributed by atoms with Crippen molar-refractivity contribution in [1.82, 2.24) is 4.57 Å². The van der Waals surface area contributed by atoms with E-state index in [2.05, 4.69) is 20.9 Å². The highest BCUT2D eigenvalue weighted by molar-refractivity contribution is 9.10. The van der Waals surface area contributed by atoms with Crippen LogP contribution < -0.4 is 33.8 Å². The smallest absolute Gasteiger partial charge is 0.338 e. The summed E-state index contributed by atoms with van der Waals surface area (Å²) in [5.74, 6) is 1.70. The molecule has 0 saturated heterocycles. The molecule has 0 amide bonds. The van der Waals surface area contributed by atoms with E-state index >= 15 is 0 Å². The minimum Gasteiger partial charge on any atom is -0.493 e. The van der Waals surface area contributed by atoms with E-state index in [1.807, 2.05) is 45.9 Å². The van der Waals surface area contributed by atoms with E-state index in [4.69, 9.17) is 23.7 Å². The van der Waals surface area contributed by atoms with Crippen LogP contribution in [0.4, 0.5) is 0 Å². The standard InChI is InChI=1S/C31H35BrN2O7S/c1-8-38-24-13-19(11-12-22(24)41-17(4)5)14-26-29(35)34-28(20-15-23(37-7)25(39-9-2)16-21(20)32)27(30(36)40-10-3)18(6)33-31(34)42-26/h11-17,28H,8-10H2,1-7H3/b26-14+/t28-/m1/s1. The lowest BCUT2D eigenvalue weighted by Crippen LogP contribution is -2.40. The summed E-state index contributed by atoms with van der Waals surface area (Å²) in [5.41, 5.74) is 1.85. The second-order valence-electron chi connectivity index (χ2n) is 9.57. The topological polar surface area (TPSA) is 97.6 Å². The van der Waals surface area contributed by atoms with Gasteiger partial charge in [-0.3, -0.25) is 9.36 Å². The molecule has 224 valence electrons. The van der Waals surface area contributed by atoms with Gasteiger partial charge >= 0.3 is 5.97 Å². The Kier molecular flexibility index (Phi) is 10.2. The van der Waals surface area contributed by atoms with Crippen LogP contribution in [0.3, 0.4) is 0 Å². The number of carbonyl (C=O) groups is 1. The van der Waals surface area contributed by atoms with E-state index in [1.54, 1.807) is 39.2 Å². The van der Waals surface area contributed by atoms with Crippen LogP contribution in [0.15, 0.2) is 55.9 Å². The van der Waals surface area contributed by atoms with Crippen molar-refractivity contribution in [2.75, 3.05) is 26.9 Å². The molecule has 2 heterocycles. The summed E-state index contributed by atoms with van der Waals surface area (Å²) in [6.45, 7) is 12.3. The molecule has 0 N–H and O–H groups in total. The summed E-state index contributed by atoms with van der Waals surface area (Å²) in [5, 5.41) is 0. The van der Waals surface area contributed by atoms with E-state index in [0.29, 0.717) is 61.3 Å². The Morgan fingerprint density at radius 3 is 2.36 bits per heavy atom. The third-order valence-corrected chi connectivity index (χ3v) is 7.99. The van der Waals surface area contributed by atoms with Gasteiger partial charge in [0.15, 0.2) is 27.8 Å². The van der Waals surface area contributed by atoms with E-state index in [1.165, 1.54) is 15.9 Å². The molecule has 1 aromatic heterocycles. The van der Waals surface area contributed by atoms with Gasteiger partial charge in [-0.25, -0.2) is 9.79 Å². The minimum absolute atomic E-state index is 0.0175. The number of carbonyl (C=O) groups excluding carboxylic acids is 1. The average Bonchev–Trinajstić information content (AvgIpc) is 3.24. The van der Waals surface area contributed by atoms with E-state index in [9.17, 15) is 9.59 Å². The Hall–Kier alpha value is -3.57. The van der Waals surface area contributed by atoms with Crippen LogP contribution in [0.1, 0.15) is 58.7 Å². The summed E-state index contributed by atoms with van der Waals surface area (Å²) in [6, 6.07) is 8.29. The molecule has 0 spiro atoms. The lowest BCUT2D eigenvalue weighted by molar-refractivity contribution is -0.139. The number of methoxy groups -OCH3 is 1. The van der Waals surface area contributed by atoms with Gasteiger partial charge in [-0.1, -0.05) is 33.3 Å². The number of rotatable bonds is 11. The highest BCUT2D eigenvalue weighted by atomic mass is 79.9. The van der Waals surface area contributed by atoms with Crippen molar-refractivity contribution >= 4 is 39.3 Å². The maximum absolute atomic E-state index is 14.1. The van der Waals surface area contributed by atoms with Crippen LogP contribution in [0.5, 0.6) is 23.0 Å². The molecule has 4 rings (SSSR count). The number of esters is 1. The number of hydrogen-bond donors (Lipinski definition) is 0. The van der Waals surface area contributed by atoms with Gasteiger partial charge in [0.2, 0.25) is 0 Å². The zero-order chi connectivity index (χ0) is 30.6. The first kappa shape index (κ1) is 31.4. The number of allylic oxidation sites excluding steroid dienone is 1. The van der Waals surface area contributed by atoms with Gasteiger partial charge in [-0.05, 0) is 83.0 Å². The zero-order valence-corrected chi connectivity index (χ0v) is 27.2. The van der Waals surface area contributed by atoms with Gasteiger partial charge in [-0.15, -0.1) is 0 Å². The van der Waals surface area contributed by atoms with Crippen molar-refractivity contribution in [1.29, 1.82) is 0 Å². The number of ether oxygens (including phenoxy) is 5. The number of fused-ring (bicyclic) bond motifs is 1. The monoisotopic (exact) mass is 658 g/mol. The van der Waals surface area contributed by atoms with Gasteiger partial charge in [0.1, 0.15) is 0 Å². The SMILES string of the molecule is CCOC(=O)C1=C(C)N=c2s/c(=C/c3ccc(OC(C)C)c(OCC)c3)c(=O)n2[C@@H]1c1cc(OC)c(OCC)cc1Br. The largest absolute Gasteiger partial charge is 0.493 e. The van der Waals surface area contributed by atoms with Crippen LogP contribution in [0.2, 0.25) is 0 Å². The Balaban J connectivity index is 1.94. The van der Waals surface area contributed by atoms with Crippen molar-refractivity contribution in [2.45, 2.75) is 53.7 Å². The minimum atomic E-state index is -0.817. The fourth-order valence-corrected chi connectivity index (χ4v) is 6.25. The molecule has 42 heavy (non-hydrogen) atoms. The molecule has 0 radical (unpaired) electrons. The molecule has 0 aliphatic carbocycles. The molecule has 3 aromatic rings. The van der Waals surface area contributed by atoms with Crippen molar-refractivity contribution in [3.8, 4) is 23.0 Å². The predicted octanol–water partition coefficient (Wildman–Crippen LogP) is 5.15. The molecule has 9 nitrogen and oxygen atoms in total. The Labute approximate surface area is 257 Å². The molecular weight excluding hydrogens is 624 g/mol. The number of nitrogens with zero attached hydrogens (tertiary/aromatic N) is 2. The fourth-order valence-electron chi connectivity index (χ4n) is 4.66. The highest BCUT2D eigenvalue weighted by Crippen LogP contribution is 2.41. The summed E-state index contributed by atoms with van der Waals surface area (Å²) >= 11 is 4.89. The summed E-state index contributed by atoms with van der Waals surface area (Å²) < 4.78 is 31.1. The molecule has 1 atom stereocenters. The second kappa shape index (κ2) is 13.6. The maximum Gasteiger partial charge on any atom is 0.338 e. The predicted molar refractivity (Wildman–Crippen MR) is 166 cm³/mol. The van der Waals surface area contributed by atoms with Crippen LogP contribution in [-0.4, -0.2) is 43.6 Å². The molecule has 0 saturated carbocycles. The van der Waals surface area contributed by atoms with Crippen LogP contribution in [0, 0.1) is 0 Å². The fraction of sp³-hybridized carbons (Fsp3) is 0.387. The number of benzene rings is 2. The summed E-state index contributed by atoms with van der Waals surface area (Å²) in [7, 11) is 1.54. The number of aromatic nitrogens is 1. The van der Waals surface area contributed by atoms with Gasteiger partial charge < -0.3 is 23.7 Å². The van der Waals surface area contributed by atoms with Gasteiger partial charge in [0, 0.05) is 4.47 Å². The maximum atomic E-state index is 14.1. The molecule has 1 aliphatic heterocycles. The first-order valence-electron chi connectivity index (χ1n) is 13.8. The van der Waals surface area contributed by atoms with Crippen LogP contribution in [0.25, 0.3) is 6.08 Å². The van der Waals surface area contributed by atoms with Crippen molar-refractivity contribution < 1.29 is 28.5 Å². The van der Waals surface area contributed by atoms with E-state index in [-0.39, 0.29) is 23.8 Å². The van der Waals surface area contributed by atoms with Gasteiger partial charge in [0.05, 0.1) is 54.9 Å². The summed E-state index contributed by atoms with van der Waals surface area (Å²) in [4.78, 5) is 32.5. The second-order valence-corrected chi connectivity index (χ2v) is 11.4. The lowest BCUT2D eigenvalue weighted by Gasteiger charge is -2.26. The van der Waals surface area contributed by atoms with E-state index < -0.39 is 12.0 Å². The summed E-state index contributed by atoms with van der Waals surface area (Å²) in [6.07, 6.45) is 1.77. The molecule has 0 bridgehead atoms. The van der Waals surface area contributed by atoms with Crippen molar-refractivity contribution in [3.05, 3.63) is 76.9 Å². The first-order valence-corrected chi connectivity index (χ1v) is 15.4. The molecule has 11 heteroatoms. The first-order chi connectivity index (χ1) is 20.1. The van der Waals surface area contributed by atoms with Gasteiger partial charge in [-0.2, -0.15) is 0 Å². The highest BCUT2D eigenvalue weighted by Gasteiger charge is 2.35. The third kappa shape index (κ3) is 6.42. The Bertz CT molecular complexity index is 1690. The molecule has 1 aliphatic rings. The number of hydrogen-bond acceptors (Lipinski definition) is 9. The molecule has 2 aromatic carbocycles. The average molecular weight is 660 g/mol.